The molecule has 0 aliphatic rings. The molecule has 0 spiro atoms. The standard InChI is InChI=1S/C23H29O5P/c1-14-10-16(3)20(17(4)11-14)22(24)29(26,28-9-8-27-7)23(25)21-18(5)12-15(2)13-19(21)6/h10-13H,8-9H2,1-7H3. The zero-order chi connectivity index (χ0) is 21.9. The fourth-order valence-electron chi connectivity index (χ4n) is 3.79. The molecule has 0 amide bonds. The summed E-state index contributed by atoms with van der Waals surface area (Å²) in [5.41, 5.74) is 3.73. The molecule has 2 aromatic rings. The lowest BCUT2D eigenvalue weighted by Gasteiger charge is -2.20. The monoisotopic (exact) mass is 416 g/mol. The largest absolute Gasteiger partial charge is 0.382 e. The summed E-state index contributed by atoms with van der Waals surface area (Å²) in [6, 6.07) is 7.36. The van der Waals surface area contributed by atoms with E-state index in [0.29, 0.717) is 22.3 Å². The molecule has 6 heteroatoms. The Kier molecular flexibility index (Phi) is 7.34. The third-order valence-corrected chi connectivity index (χ3v) is 6.94. The van der Waals surface area contributed by atoms with Gasteiger partial charge in [0.1, 0.15) is 0 Å². The van der Waals surface area contributed by atoms with Crippen molar-refractivity contribution in [2.45, 2.75) is 41.5 Å². The minimum Gasteiger partial charge on any atom is -0.382 e. The molecule has 156 valence electrons. The molecule has 2 aromatic carbocycles. The van der Waals surface area contributed by atoms with Gasteiger partial charge in [0, 0.05) is 18.2 Å². The molecule has 0 N–H and O–H groups in total. The van der Waals surface area contributed by atoms with Crippen LogP contribution in [0.3, 0.4) is 0 Å². The first-order valence-electron chi connectivity index (χ1n) is 9.52. The zero-order valence-electron chi connectivity index (χ0n) is 18.2. The second kappa shape index (κ2) is 9.17. The smallest absolute Gasteiger partial charge is 0.340 e. The second-order valence-corrected chi connectivity index (χ2v) is 9.71. The third kappa shape index (κ3) is 4.75. The summed E-state index contributed by atoms with van der Waals surface area (Å²) in [6.07, 6.45) is 0. The molecule has 5 nitrogen and oxygen atoms in total. The highest BCUT2D eigenvalue weighted by Gasteiger charge is 2.44. The van der Waals surface area contributed by atoms with Gasteiger partial charge in [-0.25, -0.2) is 0 Å². The lowest BCUT2D eigenvalue weighted by Crippen LogP contribution is -2.18. The third-order valence-electron chi connectivity index (χ3n) is 4.88. The Labute approximate surface area is 172 Å². The van der Waals surface area contributed by atoms with Crippen molar-refractivity contribution in [1.29, 1.82) is 0 Å². The quantitative estimate of drug-likeness (QED) is 0.422. The number of hydrogen-bond donors (Lipinski definition) is 0. The summed E-state index contributed by atoms with van der Waals surface area (Å²) >= 11 is 0. The van der Waals surface area contributed by atoms with Crippen LogP contribution in [0.1, 0.15) is 54.1 Å². The van der Waals surface area contributed by atoms with Crippen LogP contribution < -0.4 is 0 Å². The van der Waals surface area contributed by atoms with E-state index in [9.17, 15) is 14.2 Å². The Morgan fingerprint density at radius 1 is 0.724 bits per heavy atom. The van der Waals surface area contributed by atoms with Gasteiger partial charge in [0.15, 0.2) is 0 Å². The van der Waals surface area contributed by atoms with E-state index in [-0.39, 0.29) is 24.3 Å². The van der Waals surface area contributed by atoms with Crippen LogP contribution in [0.2, 0.25) is 0 Å². The first kappa shape index (κ1) is 23.2. The Morgan fingerprint density at radius 3 is 1.38 bits per heavy atom. The highest BCUT2D eigenvalue weighted by molar-refractivity contribution is 7.91. The fraction of sp³-hybridized carbons (Fsp3) is 0.391. The van der Waals surface area contributed by atoms with Crippen molar-refractivity contribution >= 4 is 18.4 Å². The van der Waals surface area contributed by atoms with Crippen LogP contribution in [0.25, 0.3) is 0 Å². The van der Waals surface area contributed by atoms with Crippen molar-refractivity contribution in [3.05, 3.63) is 68.8 Å². The summed E-state index contributed by atoms with van der Waals surface area (Å²) < 4.78 is 24.4. The second-order valence-electron chi connectivity index (χ2n) is 7.54. The van der Waals surface area contributed by atoms with Crippen LogP contribution in [0, 0.1) is 41.5 Å². The summed E-state index contributed by atoms with van der Waals surface area (Å²) in [7, 11) is -2.90. The molecule has 0 aromatic heterocycles. The van der Waals surface area contributed by atoms with Crippen molar-refractivity contribution < 1.29 is 23.4 Å². The number of benzene rings is 2. The molecule has 0 saturated carbocycles. The van der Waals surface area contributed by atoms with E-state index in [1.165, 1.54) is 7.11 Å². The summed E-state index contributed by atoms with van der Waals surface area (Å²) in [5, 5.41) is 0. The van der Waals surface area contributed by atoms with Gasteiger partial charge in [-0.3, -0.25) is 14.2 Å². The van der Waals surface area contributed by atoms with Crippen LogP contribution in [0.15, 0.2) is 24.3 Å². The molecule has 0 heterocycles. The van der Waals surface area contributed by atoms with Crippen LogP contribution in [-0.4, -0.2) is 31.4 Å². The average molecular weight is 416 g/mol. The van der Waals surface area contributed by atoms with Gasteiger partial charge in [-0.05, 0) is 63.8 Å². The molecule has 0 bridgehead atoms. The minimum absolute atomic E-state index is 0.112. The molecule has 0 radical (unpaired) electrons. The topological polar surface area (TPSA) is 69.7 Å². The van der Waals surface area contributed by atoms with Crippen LogP contribution in [0.4, 0.5) is 0 Å². The maximum atomic E-state index is 13.9. The van der Waals surface area contributed by atoms with Gasteiger partial charge in [0.25, 0.3) is 11.0 Å². The highest BCUT2D eigenvalue weighted by Crippen LogP contribution is 2.54. The lowest BCUT2D eigenvalue weighted by atomic mass is 10.0. The number of methoxy groups -OCH3 is 1. The Hall–Kier alpha value is -2.07. The molecular weight excluding hydrogens is 387 g/mol. The van der Waals surface area contributed by atoms with Crippen LogP contribution in [-0.2, 0) is 13.8 Å². The van der Waals surface area contributed by atoms with E-state index in [1.807, 2.05) is 38.1 Å². The Morgan fingerprint density at radius 2 is 1.07 bits per heavy atom. The summed E-state index contributed by atoms with van der Waals surface area (Å²) in [6.45, 7) is 11.0. The Bertz CT molecular complexity index is 887. The molecule has 0 unspecified atom stereocenters. The molecule has 29 heavy (non-hydrogen) atoms. The van der Waals surface area contributed by atoms with Crippen LogP contribution in [0.5, 0.6) is 0 Å². The van der Waals surface area contributed by atoms with Crippen molar-refractivity contribution in [2.75, 3.05) is 20.3 Å². The number of carbonyl (C=O) groups is 2. The fourth-order valence-corrected chi connectivity index (χ4v) is 5.83. The molecular formula is C23H29O5P. The van der Waals surface area contributed by atoms with Crippen LogP contribution >= 0.6 is 7.37 Å². The van der Waals surface area contributed by atoms with E-state index in [2.05, 4.69) is 0 Å². The van der Waals surface area contributed by atoms with E-state index >= 15 is 0 Å². The first-order valence-corrected chi connectivity index (χ1v) is 11.1. The van der Waals surface area contributed by atoms with Gasteiger partial charge in [-0.2, -0.15) is 0 Å². The Balaban J connectivity index is 2.65. The predicted octanol–water partition coefficient (Wildman–Crippen LogP) is 5.46. The maximum absolute atomic E-state index is 13.9. The normalized spacial score (nSPS) is 11.6. The van der Waals surface area contributed by atoms with Gasteiger partial charge >= 0.3 is 7.37 Å². The van der Waals surface area contributed by atoms with E-state index in [1.54, 1.807) is 27.7 Å². The average Bonchev–Trinajstić information content (AvgIpc) is 2.59. The molecule has 2 rings (SSSR count). The predicted molar refractivity (Wildman–Crippen MR) is 115 cm³/mol. The molecule has 0 atom stereocenters. The summed E-state index contributed by atoms with van der Waals surface area (Å²) in [5.74, 6) is 0. The van der Waals surface area contributed by atoms with Gasteiger partial charge < -0.3 is 9.26 Å². The first-order chi connectivity index (χ1) is 13.5. The minimum atomic E-state index is -4.37. The summed E-state index contributed by atoms with van der Waals surface area (Å²) in [4.78, 5) is 26.9. The highest BCUT2D eigenvalue weighted by atomic mass is 31.2. The number of carbonyl (C=O) groups excluding carboxylic acids is 2. The van der Waals surface area contributed by atoms with E-state index < -0.39 is 18.4 Å². The number of aryl methyl sites for hydroxylation is 6. The lowest BCUT2D eigenvalue weighted by molar-refractivity contribution is 0.0968. The molecule has 0 saturated heterocycles. The molecule has 0 aliphatic carbocycles. The van der Waals surface area contributed by atoms with Crippen molar-refractivity contribution in [3.8, 4) is 0 Å². The van der Waals surface area contributed by atoms with Gasteiger partial charge in [-0.1, -0.05) is 35.4 Å². The van der Waals surface area contributed by atoms with Crippen molar-refractivity contribution in [1.82, 2.24) is 0 Å². The van der Waals surface area contributed by atoms with E-state index in [4.69, 9.17) is 9.26 Å². The SMILES string of the molecule is COCCOP(=O)(C(=O)c1c(C)cc(C)cc1C)C(=O)c1c(C)cc(C)cc1C. The number of ether oxygens (including phenoxy) is 1. The number of rotatable bonds is 8. The molecule has 0 aliphatic heterocycles. The maximum Gasteiger partial charge on any atom is 0.340 e. The van der Waals surface area contributed by atoms with Gasteiger partial charge in [0.2, 0.25) is 0 Å². The van der Waals surface area contributed by atoms with Gasteiger partial charge in [0.05, 0.1) is 13.2 Å². The van der Waals surface area contributed by atoms with E-state index in [0.717, 1.165) is 11.1 Å². The van der Waals surface area contributed by atoms with Crippen molar-refractivity contribution in [3.63, 3.8) is 0 Å². The molecule has 0 fully saturated rings. The number of hydrogen-bond acceptors (Lipinski definition) is 5. The van der Waals surface area contributed by atoms with Crippen molar-refractivity contribution in [2.24, 2.45) is 0 Å². The zero-order valence-corrected chi connectivity index (χ0v) is 19.1. The van der Waals surface area contributed by atoms with Gasteiger partial charge in [-0.15, -0.1) is 0 Å².